The van der Waals surface area contributed by atoms with Gasteiger partial charge in [-0.2, -0.15) is 0 Å². The lowest BCUT2D eigenvalue weighted by atomic mass is 10.1. The van der Waals surface area contributed by atoms with Gasteiger partial charge in [0.1, 0.15) is 0 Å². The molecule has 3 rings (SSSR count). The van der Waals surface area contributed by atoms with Crippen molar-refractivity contribution >= 4 is 22.7 Å². The molecule has 3 heterocycles. The van der Waals surface area contributed by atoms with Crippen LogP contribution < -0.4 is 5.32 Å². The molecule has 0 aliphatic carbocycles. The smallest absolute Gasteiger partial charge is 0.0767 e. The predicted octanol–water partition coefficient (Wildman–Crippen LogP) is 3.21. The molecule has 1 saturated heterocycles. The molecule has 0 bridgehead atoms. The summed E-state index contributed by atoms with van der Waals surface area (Å²) in [7, 11) is 0. The van der Waals surface area contributed by atoms with Gasteiger partial charge in [-0.15, -0.1) is 22.7 Å². The van der Waals surface area contributed by atoms with Crippen LogP contribution in [0, 0.1) is 0 Å². The minimum Gasteiger partial charge on any atom is -0.379 e. The van der Waals surface area contributed by atoms with Crippen LogP contribution in [0.5, 0.6) is 0 Å². The van der Waals surface area contributed by atoms with Crippen LogP contribution in [-0.2, 0) is 4.74 Å². The highest BCUT2D eigenvalue weighted by Crippen LogP contribution is 2.29. The van der Waals surface area contributed by atoms with Crippen molar-refractivity contribution in [3.05, 3.63) is 44.8 Å². The molecule has 21 heavy (non-hydrogen) atoms. The molecule has 0 spiro atoms. The molecule has 1 unspecified atom stereocenters. The number of morpholine rings is 1. The minimum atomic E-state index is 0.320. The molecule has 5 heteroatoms. The van der Waals surface area contributed by atoms with Gasteiger partial charge in [0.05, 0.1) is 19.3 Å². The lowest BCUT2D eigenvalue weighted by Gasteiger charge is -2.31. The number of ether oxygens (including phenoxy) is 1. The molecule has 114 valence electrons. The maximum atomic E-state index is 5.42. The first-order valence-corrected chi connectivity index (χ1v) is 9.22. The summed E-state index contributed by atoms with van der Waals surface area (Å²) >= 11 is 3.66. The highest BCUT2D eigenvalue weighted by atomic mass is 32.1. The Bertz CT molecular complexity index is 472. The first kappa shape index (κ1) is 15.2. The van der Waals surface area contributed by atoms with E-state index in [1.165, 1.54) is 9.75 Å². The van der Waals surface area contributed by atoms with Gasteiger partial charge in [-0.1, -0.05) is 12.1 Å². The Morgan fingerprint density at radius 3 is 2.29 bits per heavy atom. The van der Waals surface area contributed by atoms with Crippen molar-refractivity contribution in [1.29, 1.82) is 0 Å². The minimum absolute atomic E-state index is 0.320. The lowest BCUT2D eigenvalue weighted by molar-refractivity contribution is 0.0341. The van der Waals surface area contributed by atoms with Crippen molar-refractivity contribution < 1.29 is 4.74 Å². The molecule has 0 aromatic carbocycles. The Morgan fingerprint density at radius 1 is 1.14 bits per heavy atom. The molecule has 1 atom stereocenters. The third-order valence-corrected chi connectivity index (χ3v) is 5.62. The Hall–Kier alpha value is -0.720. The first-order valence-electron chi connectivity index (χ1n) is 7.46. The SMILES string of the molecule is CC(CN1CCOCC1)NC(c1cccs1)c1cccs1. The van der Waals surface area contributed by atoms with Crippen molar-refractivity contribution in [2.24, 2.45) is 0 Å². The Balaban J connectivity index is 1.64. The van der Waals surface area contributed by atoms with Gasteiger partial charge in [0.2, 0.25) is 0 Å². The van der Waals surface area contributed by atoms with Crippen molar-refractivity contribution in [1.82, 2.24) is 10.2 Å². The van der Waals surface area contributed by atoms with Crippen LogP contribution >= 0.6 is 22.7 Å². The van der Waals surface area contributed by atoms with Crippen molar-refractivity contribution in [2.75, 3.05) is 32.8 Å². The molecule has 1 aliphatic heterocycles. The topological polar surface area (TPSA) is 24.5 Å². The van der Waals surface area contributed by atoms with E-state index >= 15 is 0 Å². The number of thiophene rings is 2. The van der Waals surface area contributed by atoms with E-state index in [1.807, 2.05) is 22.7 Å². The third-order valence-electron chi connectivity index (χ3n) is 3.74. The number of nitrogens with one attached hydrogen (secondary N) is 1. The monoisotopic (exact) mass is 322 g/mol. The van der Waals surface area contributed by atoms with Gasteiger partial charge in [-0.05, 0) is 29.8 Å². The molecule has 1 fully saturated rings. The fourth-order valence-corrected chi connectivity index (χ4v) is 4.40. The number of hydrogen-bond acceptors (Lipinski definition) is 5. The Kier molecular flexibility index (Phi) is 5.43. The molecular weight excluding hydrogens is 300 g/mol. The fraction of sp³-hybridized carbons (Fsp3) is 0.500. The van der Waals surface area contributed by atoms with Crippen LogP contribution in [0.4, 0.5) is 0 Å². The molecule has 2 aromatic rings. The van der Waals surface area contributed by atoms with E-state index in [-0.39, 0.29) is 0 Å². The second kappa shape index (κ2) is 7.51. The van der Waals surface area contributed by atoms with Gasteiger partial charge >= 0.3 is 0 Å². The van der Waals surface area contributed by atoms with E-state index in [9.17, 15) is 0 Å². The third kappa shape index (κ3) is 4.14. The van der Waals surface area contributed by atoms with E-state index in [0.717, 1.165) is 32.8 Å². The molecule has 2 aromatic heterocycles. The zero-order valence-electron chi connectivity index (χ0n) is 12.3. The van der Waals surface area contributed by atoms with Gasteiger partial charge < -0.3 is 10.1 Å². The summed E-state index contributed by atoms with van der Waals surface area (Å²) in [6.07, 6.45) is 0. The quantitative estimate of drug-likeness (QED) is 0.884. The molecule has 0 saturated carbocycles. The second-order valence-corrected chi connectivity index (χ2v) is 7.40. The zero-order chi connectivity index (χ0) is 14.5. The first-order chi connectivity index (χ1) is 10.3. The highest BCUT2D eigenvalue weighted by Gasteiger charge is 2.20. The molecule has 0 amide bonds. The van der Waals surface area contributed by atoms with E-state index in [2.05, 4.69) is 52.2 Å². The van der Waals surface area contributed by atoms with E-state index in [0.29, 0.717) is 12.1 Å². The summed E-state index contributed by atoms with van der Waals surface area (Å²) in [6.45, 7) is 7.20. The predicted molar refractivity (Wildman–Crippen MR) is 90.3 cm³/mol. The molecule has 3 nitrogen and oxygen atoms in total. The Morgan fingerprint density at radius 2 is 1.76 bits per heavy atom. The van der Waals surface area contributed by atoms with Gasteiger partial charge in [0.15, 0.2) is 0 Å². The van der Waals surface area contributed by atoms with Crippen LogP contribution in [0.25, 0.3) is 0 Å². The fourth-order valence-electron chi connectivity index (χ4n) is 2.72. The van der Waals surface area contributed by atoms with E-state index in [4.69, 9.17) is 4.74 Å². The summed E-state index contributed by atoms with van der Waals surface area (Å²) in [5.74, 6) is 0. The molecule has 0 radical (unpaired) electrons. The highest BCUT2D eigenvalue weighted by molar-refractivity contribution is 7.11. The largest absolute Gasteiger partial charge is 0.379 e. The lowest BCUT2D eigenvalue weighted by Crippen LogP contribution is -2.45. The van der Waals surface area contributed by atoms with Gasteiger partial charge in [0.25, 0.3) is 0 Å². The number of hydrogen-bond donors (Lipinski definition) is 1. The summed E-state index contributed by atoms with van der Waals surface area (Å²) in [4.78, 5) is 5.28. The van der Waals surface area contributed by atoms with Crippen molar-refractivity contribution in [2.45, 2.75) is 19.0 Å². The van der Waals surface area contributed by atoms with Gasteiger partial charge in [-0.3, -0.25) is 4.90 Å². The van der Waals surface area contributed by atoms with E-state index < -0.39 is 0 Å². The average Bonchev–Trinajstić information content (AvgIpc) is 3.19. The Labute approximate surface area is 134 Å². The maximum absolute atomic E-state index is 5.42. The standard InChI is InChI=1S/C16H22N2OS2/c1-13(12-18-6-8-19-9-7-18)17-16(14-4-2-10-20-14)15-5-3-11-21-15/h2-5,10-11,13,16-17H,6-9,12H2,1H3. The van der Waals surface area contributed by atoms with Crippen molar-refractivity contribution in [3.63, 3.8) is 0 Å². The van der Waals surface area contributed by atoms with Crippen LogP contribution in [0.1, 0.15) is 22.7 Å². The molecule has 1 aliphatic rings. The van der Waals surface area contributed by atoms with Gasteiger partial charge in [-0.25, -0.2) is 0 Å². The van der Waals surface area contributed by atoms with Crippen molar-refractivity contribution in [3.8, 4) is 0 Å². The molecular formula is C16H22N2OS2. The van der Waals surface area contributed by atoms with Crippen LogP contribution in [-0.4, -0.2) is 43.8 Å². The summed E-state index contributed by atoms with van der Waals surface area (Å²) in [5.41, 5.74) is 0. The zero-order valence-corrected chi connectivity index (χ0v) is 14.0. The van der Waals surface area contributed by atoms with Crippen LogP contribution in [0.3, 0.4) is 0 Å². The normalized spacial score (nSPS) is 18.2. The van der Waals surface area contributed by atoms with Gasteiger partial charge in [0, 0.05) is 35.4 Å². The maximum Gasteiger partial charge on any atom is 0.0767 e. The summed E-state index contributed by atoms with van der Waals surface area (Å²) in [5, 5.41) is 8.12. The molecule has 1 N–H and O–H groups in total. The number of nitrogens with zero attached hydrogens (tertiary/aromatic N) is 1. The summed E-state index contributed by atoms with van der Waals surface area (Å²) in [6, 6.07) is 9.50. The number of rotatable bonds is 6. The average molecular weight is 322 g/mol. The van der Waals surface area contributed by atoms with E-state index in [1.54, 1.807) is 0 Å². The second-order valence-electron chi connectivity index (χ2n) is 5.44. The summed E-state index contributed by atoms with van der Waals surface area (Å²) < 4.78 is 5.42. The van der Waals surface area contributed by atoms with Crippen LogP contribution in [0.15, 0.2) is 35.0 Å². The van der Waals surface area contributed by atoms with Crippen LogP contribution in [0.2, 0.25) is 0 Å².